The lowest BCUT2D eigenvalue weighted by atomic mass is 9.99. The van der Waals surface area contributed by atoms with Crippen molar-refractivity contribution in [2.45, 2.75) is 352 Å². The molecule has 7 unspecified atom stereocenters. The van der Waals surface area contributed by atoms with Gasteiger partial charge < -0.3 is 45.1 Å². The highest BCUT2D eigenvalue weighted by atomic mass is 16.7. The summed E-state index contributed by atoms with van der Waals surface area (Å²) in [6.07, 6.45) is 60.2. The van der Waals surface area contributed by atoms with Gasteiger partial charge in [-0.1, -0.05) is 281 Å². The van der Waals surface area contributed by atoms with E-state index in [4.69, 9.17) is 14.2 Å². The van der Waals surface area contributed by atoms with Crippen molar-refractivity contribution in [3.05, 3.63) is 36.5 Å². The largest absolute Gasteiger partial charge is 0.466 e. The quantitative estimate of drug-likeness (QED) is 0.0195. The van der Waals surface area contributed by atoms with Gasteiger partial charge in [-0.25, -0.2) is 0 Å². The Morgan fingerprint density at radius 2 is 0.870 bits per heavy atom. The Labute approximate surface area is 473 Å². The van der Waals surface area contributed by atoms with Crippen molar-refractivity contribution >= 4 is 11.9 Å². The molecule has 6 N–H and O–H groups in total. The van der Waals surface area contributed by atoms with E-state index in [2.05, 4.69) is 30.5 Å². The fourth-order valence-corrected chi connectivity index (χ4v) is 10.4. The minimum absolute atomic E-state index is 0.00995. The molecule has 1 aliphatic rings. The third-order valence-corrected chi connectivity index (χ3v) is 15.6. The minimum atomic E-state index is -1.58. The van der Waals surface area contributed by atoms with Gasteiger partial charge in [0.2, 0.25) is 5.91 Å². The number of esters is 1. The summed E-state index contributed by atoms with van der Waals surface area (Å²) in [4.78, 5) is 25.0. The molecule has 11 nitrogen and oxygen atoms in total. The molecule has 0 bridgehead atoms. The van der Waals surface area contributed by atoms with Crippen LogP contribution in [0, 0.1) is 0 Å². The topological polar surface area (TPSA) is 175 Å². The number of amides is 1. The number of aliphatic hydroxyl groups is 5. The SMILES string of the molecule is C/C=C/CC/C=C/CC/C=C/C(O)C(COC1OC(CO)C(O)C(O)C1O)NC(=O)CCCCCCCCCCCCCCCCCCCCCCCCCCCCCCCOC(=O)CCCCCCCCCCCCC. The van der Waals surface area contributed by atoms with Gasteiger partial charge in [-0.05, 0) is 51.9 Å². The lowest BCUT2D eigenvalue weighted by Crippen LogP contribution is -2.60. The number of allylic oxidation sites excluding steroid dienone is 5. The molecule has 452 valence electrons. The molecule has 1 amide bonds. The second-order valence-corrected chi connectivity index (χ2v) is 22.8. The molecule has 77 heavy (non-hydrogen) atoms. The first kappa shape index (κ1) is 72.9. The van der Waals surface area contributed by atoms with Gasteiger partial charge >= 0.3 is 5.97 Å². The summed E-state index contributed by atoms with van der Waals surface area (Å²) in [6, 6.07) is -0.830. The number of hydrogen-bond acceptors (Lipinski definition) is 10. The van der Waals surface area contributed by atoms with Gasteiger partial charge in [0.25, 0.3) is 0 Å². The highest BCUT2D eigenvalue weighted by Crippen LogP contribution is 2.23. The first-order valence-electron chi connectivity index (χ1n) is 32.7. The number of rotatable bonds is 57. The Hall–Kier alpha value is -2.12. The van der Waals surface area contributed by atoms with E-state index >= 15 is 0 Å². The van der Waals surface area contributed by atoms with Gasteiger partial charge in [0, 0.05) is 12.8 Å². The molecular weight excluding hydrogens is 967 g/mol. The molecule has 0 aromatic heterocycles. The van der Waals surface area contributed by atoms with E-state index in [9.17, 15) is 35.1 Å². The Balaban J connectivity index is 1.93. The molecule has 1 saturated heterocycles. The van der Waals surface area contributed by atoms with Crippen molar-refractivity contribution in [1.29, 1.82) is 0 Å². The smallest absolute Gasteiger partial charge is 0.305 e. The summed E-state index contributed by atoms with van der Waals surface area (Å²) in [5.41, 5.74) is 0. The predicted molar refractivity (Wildman–Crippen MR) is 320 cm³/mol. The van der Waals surface area contributed by atoms with E-state index in [-0.39, 0.29) is 18.5 Å². The number of hydrogen-bond donors (Lipinski definition) is 6. The Morgan fingerprint density at radius 3 is 1.29 bits per heavy atom. The molecule has 11 heteroatoms. The second kappa shape index (κ2) is 55.8. The van der Waals surface area contributed by atoms with Crippen molar-refractivity contribution in [1.82, 2.24) is 5.32 Å². The number of ether oxygens (including phenoxy) is 3. The molecule has 0 aromatic rings. The monoisotopic (exact) mass is 1090 g/mol. The van der Waals surface area contributed by atoms with E-state index < -0.39 is 49.5 Å². The molecule has 1 heterocycles. The summed E-state index contributed by atoms with van der Waals surface area (Å²) in [5, 5.41) is 54.2. The van der Waals surface area contributed by atoms with E-state index in [1.807, 2.05) is 19.1 Å². The molecule has 1 aliphatic heterocycles. The number of aliphatic hydroxyl groups excluding tert-OH is 5. The van der Waals surface area contributed by atoms with Crippen LogP contribution < -0.4 is 5.32 Å². The lowest BCUT2D eigenvalue weighted by Gasteiger charge is -2.40. The minimum Gasteiger partial charge on any atom is -0.466 e. The lowest BCUT2D eigenvalue weighted by molar-refractivity contribution is -0.302. The number of carbonyl (C=O) groups is 2. The first-order valence-corrected chi connectivity index (χ1v) is 32.7. The van der Waals surface area contributed by atoms with Crippen LogP contribution in [0.4, 0.5) is 0 Å². The van der Waals surface area contributed by atoms with Crippen molar-refractivity contribution in [2.75, 3.05) is 19.8 Å². The van der Waals surface area contributed by atoms with Gasteiger partial charge in [-0.2, -0.15) is 0 Å². The van der Waals surface area contributed by atoms with E-state index in [1.54, 1.807) is 6.08 Å². The first-order chi connectivity index (χ1) is 37.7. The highest BCUT2D eigenvalue weighted by molar-refractivity contribution is 5.76. The van der Waals surface area contributed by atoms with Gasteiger partial charge in [0.1, 0.15) is 24.4 Å². The fourth-order valence-electron chi connectivity index (χ4n) is 10.4. The molecule has 1 fully saturated rings. The number of unbranched alkanes of at least 4 members (excludes halogenated alkanes) is 40. The van der Waals surface area contributed by atoms with Crippen LogP contribution in [-0.4, -0.2) is 100 Å². The highest BCUT2D eigenvalue weighted by Gasteiger charge is 2.44. The standard InChI is InChI=1S/C66H123NO10/c1-3-5-7-9-11-13-33-38-42-46-50-54-62(71)75-55-51-47-43-39-35-32-30-28-26-24-22-20-18-16-14-15-17-19-21-23-25-27-29-31-34-37-41-45-49-53-61(70)67-58(59(69)52-48-44-40-36-12-10-8-6-4-2)57-76-66-65(74)64(73)63(72)60(56-68)77-66/h4,6,12,36,48,52,58-60,63-66,68-69,72-74H,3,5,7-11,13-35,37-47,49-51,53-57H2,1-2H3,(H,67,70)/b6-4+,36-12+,52-48+. The van der Waals surface area contributed by atoms with E-state index in [1.165, 1.54) is 225 Å². The molecule has 1 rings (SSSR count). The van der Waals surface area contributed by atoms with Crippen molar-refractivity contribution < 1.29 is 49.3 Å². The molecule has 0 radical (unpaired) electrons. The molecule has 0 aliphatic carbocycles. The molecular formula is C66H123NO10. The Bertz CT molecular complexity index is 1370. The fraction of sp³-hybridized carbons (Fsp3) is 0.879. The van der Waals surface area contributed by atoms with Crippen LogP contribution in [0.1, 0.15) is 309 Å². The zero-order valence-electron chi connectivity index (χ0n) is 49.9. The molecule has 0 saturated carbocycles. The number of nitrogens with one attached hydrogen (secondary N) is 1. The average Bonchev–Trinajstić information content (AvgIpc) is 3.43. The normalized spacial score (nSPS) is 18.8. The summed E-state index contributed by atoms with van der Waals surface area (Å²) in [5.74, 6) is -0.185. The van der Waals surface area contributed by atoms with Crippen LogP contribution >= 0.6 is 0 Å². The van der Waals surface area contributed by atoms with Gasteiger partial charge in [-0.3, -0.25) is 9.59 Å². The zero-order valence-corrected chi connectivity index (χ0v) is 49.9. The maximum absolute atomic E-state index is 13.0. The third kappa shape index (κ3) is 45.2. The number of carbonyl (C=O) groups excluding carboxylic acids is 2. The predicted octanol–water partition coefficient (Wildman–Crippen LogP) is 15.8. The van der Waals surface area contributed by atoms with Crippen LogP contribution in [0.2, 0.25) is 0 Å². The van der Waals surface area contributed by atoms with Gasteiger partial charge in [0.05, 0.1) is 32.0 Å². The third-order valence-electron chi connectivity index (χ3n) is 15.6. The molecule has 0 aromatic carbocycles. The van der Waals surface area contributed by atoms with Crippen LogP contribution in [0.25, 0.3) is 0 Å². The van der Waals surface area contributed by atoms with Crippen LogP contribution in [0.3, 0.4) is 0 Å². The van der Waals surface area contributed by atoms with E-state index in [0.29, 0.717) is 19.4 Å². The van der Waals surface area contributed by atoms with Gasteiger partial charge in [-0.15, -0.1) is 0 Å². The van der Waals surface area contributed by atoms with Crippen LogP contribution in [0.5, 0.6) is 0 Å². The molecule has 7 atom stereocenters. The van der Waals surface area contributed by atoms with Crippen molar-refractivity contribution in [3.63, 3.8) is 0 Å². The van der Waals surface area contributed by atoms with Crippen LogP contribution in [-0.2, 0) is 23.8 Å². The Kier molecular flexibility index (Phi) is 52.8. The van der Waals surface area contributed by atoms with Crippen LogP contribution in [0.15, 0.2) is 36.5 Å². The van der Waals surface area contributed by atoms with Gasteiger partial charge in [0.15, 0.2) is 6.29 Å². The second-order valence-electron chi connectivity index (χ2n) is 22.8. The summed E-state index contributed by atoms with van der Waals surface area (Å²) < 4.78 is 16.7. The van der Waals surface area contributed by atoms with E-state index in [0.717, 1.165) is 57.8 Å². The van der Waals surface area contributed by atoms with Crippen molar-refractivity contribution in [2.24, 2.45) is 0 Å². The average molecular weight is 1090 g/mol. The van der Waals surface area contributed by atoms with Crippen molar-refractivity contribution in [3.8, 4) is 0 Å². The maximum atomic E-state index is 13.0. The zero-order chi connectivity index (χ0) is 55.9. The summed E-state index contributed by atoms with van der Waals surface area (Å²) >= 11 is 0. The summed E-state index contributed by atoms with van der Waals surface area (Å²) in [6.45, 7) is 4.11. The Morgan fingerprint density at radius 1 is 0.494 bits per heavy atom. The summed E-state index contributed by atoms with van der Waals surface area (Å²) in [7, 11) is 0. The maximum Gasteiger partial charge on any atom is 0.305 e. The molecule has 0 spiro atoms.